The molecule has 1 unspecified atom stereocenters. The van der Waals surface area contributed by atoms with E-state index in [0.29, 0.717) is 34.9 Å². The van der Waals surface area contributed by atoms with E-state index in [2.05, 4.69) is 276 Å². The van der Waals surface area contributed by atoms with E-state index in [0.717, 1.165) is 94.3 Å². The van der Waals surface area contributed by atoms with Crippen LogP contribution in [0.1, 0.15) is 22.3 Å². The number of hydrogen-bond donors (Lipinski definition) is 0. The summed E-state index contributed by atoms with van der Waals surface area (Å²) < 4.78 is 4.81. The summed E-state index contributed by atoms with van der Waals surface area (Å²) in [6, 6.07) is 122. The minimum absolute atomic E-state index is 0.609. The lowest BCUT2D eigenvalue weighted by molar-refractivity contribution is 0.723. The molecule has 2 aliphatic rings. The second-order valence-corrected chi connectivity index (χ2v) is 26.7. The van der Waals surface area contributed by atoms with Gasteiger partial charge in [-0.2, -0.15) is 0 Å². The standard InChI is InChI=1S/C91H56N8S/c1-6-25-57(26-7-1)85-92-86(58-27-8-2-9-28-58)95-89(94-85)64-33-22-36-66(53-64)99-78-44-20-17-38-69(78)70-50-48-63(56-80(70)99)67-39-23-43-77-84(67)100-82-46-21-19-42-76(82)91(77)74-41-18-16-37-68(74)73-54-61(49-52-75(73)91)62-47-51-71-81(55-62)98(65-34-14-5-15-35-65)79-45-24-40-72(83(71)79)90-96-87(59-29-10-3-11-30-59)93-88(97-90)60-31-12-4-13-32-60/h1-56H. The van der Waals surface area contributed by atoms with Crippen LogP contribution in [0.2, 0.25) is 0 Å². The molecule has 14 aromatic carbocycles. The first-order chi connectivity index (χ1) is 49.6. The number of aromatic nitrogens is 8. The number of benzene rings is 14. The van der Waals surface area contributed by atoms with Gasteiger partial charge in [-0.3, -0.25) is 0 Å². The van der Waals surface area contributed by atoms with Crippen molar-refractivity contribution in [1.29, 1.82) is 0 Å². The monoisotopic (exact) mass is 1290 g/mol. The molecule has 0 fully saturated rings. The molecule has 1 aliphatic carbocycles. The Bertz CT molecular complexity index is 6190. The molecule has 4 aromatic heterocycles. The third-order valence-electron chi connectivity index (χ3n) is 20.1. The van der Waals surface area contributed by atoms with Crippen LogP contribution in [0.25, 0.3) is 157 Å². The first-order valence-corrected chi connectivity index (χ1v) is 34.6. The van der Waals surface area contributed by atoms with Gasteiger partial charge in [-0.1, -0.05) is 291 Å². The Kier molecular flexibility index (Phi) is 13.3. The van der Waals surface area contributed by atoms with Gasteiger partial charge in [0.15, 0.2) is 34.9 Å². The van der Waals surface area contributed by atoms with Crippen molar-refractivity contribution in [3.63, 3.8) is 0 Å². The van der Waals surface area contributed by atoms with Gasteiger partial charge in [0.05, 0.1) is 27.5 Å². The predicted molar refractivity (Wildman–Crippen MR) is 407 cm³/mol. The lowest BCUT2D eigenvalue weighted by Crippen LogP contribution is -2.32. The highest BCUT2D eigenvalue weighted by molar-refractivity contribution is 7.99. The van der Waals surface area contributed by atoms with Gasteiger partial charge in [-0.05, 0) is 116 Å². The average Bonchev–Trinajstić information content (AvgIpc) is 1.48. The zero-order valence-corrected chi connectivity index (χ0v) is 54.6. The smallest absolute Gasteiger partial charge is 0.164 e. The Balaban J connectivity index is 0.728. The molecule has 1 atom stereocenters. The summed E-state index contributed by atoms with van der Waals surface area (Å²) in [5.74, 6) is 3.74. The van der Waals surface area contributed by atoms with Crippen molar-refractivity contribution in [3.8, 4) is 113 Å². The molecule has 0 N–H and O–H groups in total. The largest absolute Gasteiger partial charge is 0.309 e. The molecule has 5 heterocycles. The maximum Gasteiger partial charge on any atom is 0.164 e. The van der Waals surface area contributed by atoms with Gasteiger partial charge in [0, 0.05) is 76.1 Å². The lowest BCUT2D eigenvalue weighted by Gasteiger charge is -2.40. The van der Waals surface area contributed by atoms with Crippen LogP contribution in [0.4, 0.5) is 0 Å². The molecule has 18 aromatic rings. The molecule has 0 radical (unpaired) electrons. The van der Waals surface area contributed by atoms with Gasteiger partial charge in [0.2, 0.25) is 0 Å². The van der Waals surface area contributed by atoms with Crippen molar-refractivity contribution >= 4 is 55.4 Å². The van der Waals surface area contributed by atoms with Gasteiger partial charge in [0.1, 0.15) is 0 Å². The fourth-order valence-electron chi connectivity index (χ4n) is 15.7. The minimum Gasteiger partial charge on any atom is -0.309 e. The number of para-hydroxylation sites is 2. The second-order valence-electron chi connectivity index (χ2n) is 25.7. The zero-order valence-electron chi connectivity index (χ0n) is 53.8. The Morgan fingerprint density at radius 3 is 1.35 bits per heavy atom. The Morgan fingerprint density at radius 1 is 0.230 bits per heavy atom. The first kappa shape index (κ1) is 57.3. The predicted octanol–water partition coefficient (Wildman–Crippen LogP) is 22.4. The minimum atomic E-state index is -0.622. The number of rotatable bonds is 10. The van der Waals surface area contributed by atoms with Crippen molar-refractivity contribution in [3.05, 3.63) is 362 Å². The Labute approximate surface area is 581 Å². The molecule has 1 spiro atoms. The van der Waals surface area contributed by atoms with Crippen LogP contribution < -0.4 is 0 Å². The van der Waals surface area contributed by atoms with Gasteiger partial charge in [-0.15, -0.1) is 0 Å². The van der Waals surface area contributed by atoms with Crippen LogP contribution in [0, 0.1) is 0 Å². The third-order valence-corrected chi connectivity index (χ3v) is 21.3. The average molecular weight is 1290 g/mol. The molecule has 8 nitrogen and oxygen atoms in total. The highest BCUT2D eigenvalue weighted by atomic mass is 32.2. The number of fused-ring (bicyclic) bond motifs is 15. The van der Waals surface area contributed by atoms with Crippen molar-refractivity contribution in [2.75, 3.05) is 0 Å². The Hall–Kier alpha value is -13.0. The highest BCUT2D eigenvalue weighted by Gasteiger charge is 2.50. The normalized spacial score (nSPS) is 13.6. The fourth-order valence-corrected chi connectivity index (χ4v) is 17.0. The van der Waals surface area contributed by atoms with E-state index in [1.54, 1.807) is 0 Å². The van der Waals surface area contributed by atoms with Crippen molar-refractivity contribution in [1.82, 2.24) is 39.0 Å². The summed E-state index contributed by atoms with van der Waals surface area (Å²) >= 11 is 1.89. The summed E-state index contributed by atoms with van der Waals surface area (Å²) in [6.45, 7) is 0. The van der Waals surface area contributed by atoms with E-state index in [4.69, 9.17) is 29.9 Å². The van der Waals surface area contributed by atoms with Crippen molar-refractivity contribution in [2.45, 2.75) is 15.2 Å². The van der Waals surface area contributed by atoms with Crippen LogP contribution in [0.15, 0.2) is 350 Å². The van der Waals surface area contributed by atoms with Crippen molar-refractivity contribution < 1.29 is 0 Å². The van der Waals surface area contributed by atoms with Gasteiger partial charge < -0.3 is 9.13 Å². The Morgan fingerprint density at radius 2 is 0.660 bits per heavy atom. The quantitative estimate of drug-likeness (QED) is 0.135. The number of hydrogen-bond acceptors (Lipinski definition) is 7. The molecule has 100 heavy (non-hydrogen) atoms. The molecule has 9 heteroatoms. The molecule has 0 bridgehead atoms. The van der Waals surface area contributed by atoms with E-state index in [1.807, 2.05) is 84.6 Å². The molecule has 0 saturated heterocycles. The number of nitrogens with zero attached hydrogens (tertiary/aromatic N) is 8. The van der Waals surface area contributed by atoms with Crippen molar-refractivity contribution in [2.24, 2.45) is 0 Å². The fraction of sp³-hybridized carbons (Fsp3) is 0.0110. The maximum absolute atomic E-state index is 5.26. The lowest BCUT2D eigenvalue weighted by atomic mass is 9.67. The molecule has 20 rings (SSSR count). The van der Waals surface area contributed by atoms with E-state index in [-0.39, 0.29) is 0 Å². The van der Waals surface area contributed by atoms with Crippen LogP contribution in [-0.2, 0) is 5.41 Å². The van der Waals surface area contributed by atoms with Gasteiger partial charge >= 0.3 is 0 Å². The van der Waals surface area contributed by atoms with Gasteiger partial charge in [-0.25, -0.2) is 29.9 Å². The molecular weight excluding hydrogens is 1240 g/mol. The van der Waals surface area contributed by atoms with Crippen LogP contribution in [0.3, 0.4) is 0 Å². The molecule has 1 aliphatic heterocycles. The van der Waals surface area contributed by atoms with E-state index in [1.165, 1.54) is 59.5 Å². The summed E-state index contributed by atoms with van der Waals surface area (Å²) in [6.07, 6.45) is 0. The van der Waals surface area contributed by atoms with E-state index < -0.39 is 5.41 Å². The SMILES string of the molecule is c1ccc(-c2nc(-c3ccccc3)nc(-c3cccc(-n4c5ccccc5c5ccc(-c6cccc7c6Sc6ccccc6C76c7ccccc7-c7cc(-c8ccc9c%10c(-c%11nc(-c%12ccccc%12)nc(-c%12ccccc%12)n%11)cccc%10n(-c%10ccccc%10)c9c8)ccc76)cc54)c3)n2)cc1. The molecule has 0 amide bonds. The summed E-state index contributed by atoms with van der Waals surface area (Å²) in [5, 5.41) is 4.55. The van der Waals surface area contributed by atoms with Crippen LogP contribution in [-0.4, -0.2) is 39.0 Å². The van der Waals surface area contributed by atoms with E-state index >= 15 is 0 Å². The second kappa shape index (κ2) is 23.1. The maximum atomic E-state index is 5.26. The van der Waals surface area contributed by atoms with Crippen LogP contribution in [0.5, 0.6) is 0 Å². The topological polar surface area (TPSA) is 87.2 Å². The summed E-state index contributed by atoms with van der Waals surface area (Å²) in [7, 11) is 0. The van der Waals surface area contributed by atoms with Gasteiger partial charge in [0.25, 0.3) is 0 Å². The molecule has 466 valence electrons. The molecular formula is C91H56N8S. The van der Waals surface area contributed by atoms with Crippen LogP contribution >= 0.6 is 11.8 Å². The summed E-state index contributed by atoms with van der Waals surface area (Å²) in [4.78, 5) is 33.4. The zero-order chi connectivity index (χ0) is 65.8. The summed E-state index contributed by atoms with van der Waals surface area (Å²) in [5.41, 5.74) is 23.6. The highest BCUT2D eigenvalue weighted by Crippen LogP contribution is 2.64. The third kappa shape index (κ3) is 9.09. The van der Waals surface area contributed by atoms with E-state index in [9.17, 15) is 0 Å². The first-order valence-electron chi connectivity index (χ1n) is 33.7. The molecule has 0 saturated carbocycles.